The third-order valence-corrected chi connectivity index (χ3v) is 7.37. The number of hydrogen-bond donors (Lipinski definition) is 2. The topological polar surface area (TPSA) is 76.0 Å². The zero-order valence-electron chi connectivity index (χ0n) is 16.8. The van der Waals surface area contributed by atoms with Crippen molar-refractivity contribution in [2.75, 3.05) is 7.11 Å². The summed E-state index contributed by atoms with van der Waals surface area (Å²) in [4.78, 5) is 13.4. The number of methoxy groups -OCH3 is 1. The van der Waals surface area contributed by atoms with Crippen molar-refractivity contribution < 1.29 is 24.5 Å². The Morgan fingerprint density at radius 1 is 1.31 bits per heavy atom. The largest absolute Gasteiger partial charge is 0.392 e. The first-order chi connectivity index (χ1) is 11.8. The fourth-order valence-electron chi connectivity index (χ4n) is 5.74. The van der Waals surface area contributed by atoms with Crippen LogP contribution < -0.4 is 0 Å². The van der Waals surface area contributed by atoms with Crippen LogP contribution in [0.2, 0.25) is 0 Å². The third kappa shape index (κ3) is 2.09. The van der Waals surface area contributed by atoms with Gasteiger partial charge in [-0.3, -0.25) is 4.79 Å². The van der Waals surface area contributed by atoms with E-state index in [0.29, 0.717) is 6.42 Å². The molecule has 0 radical (unpaired) electrons. The van der Waals surface area contributed by atoms with Crippen LogP contribution in [0.15, 0.2) is 24.3 Å². The standard InChI is InChI=1S/C21H32O5/c1-8-18(4)12-15(23)21(24)19(5)13(17(2,3)10-9-14(19)22)11-16(25-7)20(21,6)26-18/h8,11,14,16,22,24H,1,9-10,12H2,2-7H3/t14-,16-,18-,19+,20+,21-/m0/s1. The molecule has 1 saturated heterocycles. The van der Waals surface area contributed by atoms with E-state index in [2.05, 4.69) is 20.4 Å². The average molecular weight is 364 g/mol. The second kappa shape index (κ2) is 5.51. The van der Waals surface area contributed by atoms with Gasteiger partial charge in [-0.25, -0.2) is 0 Å². The molecule has 26 heavy (non-hydrogen) atoms. The Hall–Kier alpha value is -1.01. The average Bonchev–Trinajstić information content (AvgIpc) is 2.55. The van der Waals surface area contributed by atoms with Crippen LogP contribution in [0.5, 0.6) is 0 Å². The second-order valence-electron chi connectivity index (χ2n) is 9.41. The first kappa shape index (κ1) is 19.7. The highest BCUT2D eigenvalue weighted by atomic mass is 16.6. The molecular weight excluding hydrogens is 332 g/mol. The van der Waals surface area contributed by atoms with Crippen LogP contribution in [0, 0.1) is 10.8 Å². The molecule has 2 N–H and O–H groups in total. The quantitative estimate of drug-likeness (QED) is 0.737. The molecule has 2 aliphatic carbocycles. The molecule has 3 aliphatic rings. The summed E-state index contributed by atoms with van der Waals surface area (Å²) in [6.07, 6.45) is 3.40. The van der Waals surface area contributed by atoms with Crippen molar-refractivity contribution in [3.8, 4) is 0 Å². The van der Waals surface area contributed by atoms with E-state index in [1.165, 1.54) is 0 Å². The summed E-state index contributed by atoms with van der Waals surface area (Å²) in [5.41, 5.74) is -4.67. The van der Waals surface area contributed by atoms with Gasteiger partial charge in [0.05, 0.1) is 17.1 Å². The maximum atomic E-state index is 13.4. The van der Waals surface area contributed by atoms with Gasteiger partial charge in [0.15, 0.2) is 11.4 Å². The highest BCUT2D eigenvalue weighted by Crippen LogP contribution is 2.64. The maximum Gasteiger partial charge on any atom is 0.171 e. The van der Waals surface area contributed by atoms with Gasteiger partial charge in [0.1, 0.15) is 11.7 Å². The van der Waals surface area contributed by atoms with E-state index in [4.69, 9.17) is 9.47 Å². The number of fused-ring (bicyclic) bond motifs is 3. The zero-order valence-corrected chi connectivity index (χ0v) is 16.8. The highest BCUT2D eigenvalue weighted by Gasteiger charge is 2.76. The Labute approximate surface area is 156 Å². The van der Waals surface area contributed by atoms with Gasteiger partial charge in [0, 0.05) is 13.5 Å². The van der Waals surface area contributed by atoms with Crippen molar-refractivity contribution in [2.24, 2.45) is 10.8 Å². The van der Waals surface area contributed by atoms with Crippen LogP contribution >= 0.6 is 0 Å². The maximum absolute atomic E-state index is 13.4. The van der Waals surface area contributed by atoms with Gasteiger partial charge >= 0.3 is 0 Å². The summed E-state index contributed by atoms with van der Waals surface area (Å²) in [6, 6.07) is 0. The summed E-state index contributed by atoms with van der Waals surface area (Å²) >= 11 is 0. The number of aliphatic hydroxyl groups excluding tert-OH is 1. The molecule has 3 rings (SSSR count). The molecule has 0 bridgehead atoms. The van der Waals surface area contributed by atoms with Crippen molar-refractivity contribution in [3.05, 3.63) is 24.3 Å². The van der Waals surface area contributed by atoms with Gasteiger partial charge in [0.25, 0.3) is 0 Å². The van der Waals surface area contributed by atoms with E-state index in [-0.39, 0.29) is 17.6 Å². The van der Waals surface area contributed by atoms with Crippen molar-refractivity contribution in [1.29, 1.82) is 0 Å². The number of rotatable bonds is 2. The molecule has 146 valence electrons. The minimum atomic E-state index is -1.90. The van der Waals surface area contributed by atoms with E-state index < -0.39 is 34.4 Å². The SMILES string of the molecule is C=C[C@@]1(C)CC(=O)[C@@]2(O)[C@](C)(O1)[C@@H](OC)C=C1C(C)(C)CC[C@H](O)[C@@]12C. The first-order valence-electron chi connectivity index (χ1n) is 9.35. The minimum Gasteiger partial charge on any atom is -0.392 e. The molecule has 0 aromatic heterocycles. The van der Waals surface area contributed by atoms with Crippen molar-refractivity contribution in [1.82, 2.24) is 0 Å². The molecule has 0 aromatic rings. The van der Waals surface area contributed by atoms with E-state index in [0.717, 1.165) is 12.0 Å². The van der Waals surface area contributed by atoms with Crippen LogP contribution in [0.1, 0.15) is 53.9 Å². The first-order valence-corrected chi connectivity index (χ1v) is 9.35. The van der Waals surface area contributed by atoms with Gasteiger partial charge in [-0.1, -0.05) is 31.6 Å². The summed E-state index contributed by atoms with van der Waals surface area (Å²) in [7, 11) is 1.55. The summed E-state index contributed by atoms with van der Waals surface area (Å²) < 4.78 is 12.1. The molecule has 0 spiro atoms. The molecule has 1 heterocycles. The molecule has 1 saturated carbocycles. The molecule has 0 aromatic carbocycles. The Bertz CT molecular complexity index is 682. The number of carbonyl (C=O) groups excluding carboxylic acids is 1. The second-order valence-corrected chi connectivity index (χ2v) is 9.41. The Morgan fingerprint density at radius 3 is 2.46 bits per heavy atom. The normalized spacial score (nSPS) is 50.5. The number of carbonyl (C=O) groups is 1. The number of Topliss-reactive ketones (excluding diaryl/α,β-unsaturated/α-hetero) is 1. The molecule has 0 unspecified atom stereocenters. The number of aliphatic hydroxyl groups is 2. The van der Waals surface area contributed by atoms with E-state index in [1.807, 2.05) is 6.08 Å². The molecule has 5 nitrogen and oxygen atoms in total. The summed E-state index contributed by atoms with van der Waals surface area (Å²) in [5.74, 6) is -0.333. The molecule has 0 amide bonds. The van der Waals surface area contributed by atoms with E-state index in [1.54, 1.807) is 34.0 Å². The minimum absolute atomic E-state index is 0.00897. The van der Waals surface area contributed by atoms with Crippen molar-refractivity contribution >= 4 is 5.78 Å². The van der Waals surface area contributed by atoms with Gasteiger partial charge in [-0.2, -0.15) is 0 Å². The van der Waals surface area contributed by atoms with E-state index >= 15 is 0 Å². The van der Waals surface area contributed by atoms with E-state index in [9.17, 15) is 15.0 Å². The highest BCUT2D eigenvalue weighted by molar-refractivity contribution is 5.93. The molecule has 2 fully saturated rings. The van der Waals surface area contributed by atoms with Crippen molar-refractivity contribution in [2.45, 2.75) is 82.9 Å². The van der Waals surface area contributed by atoms with Gasteiger partial charge in [-0.05, 0) is 39.0 Å². The van der Waals surface area contributed by atoms with Gasteiger partial charge in [0.2, 0.25) is 0 Å². The monoisotopic (exact) mass is 364 g/mol. The number of ketones is 1. The van der Waals surface area contributed by atoms with Crippen LogP contribution in [0.4, 0.5) is 0 Å². The molecule has 5 heteroatoms. The summed E-state index contributed by atoms with van der Waals surface area (Å²) in [5, 5.41) is 23.0. The number of hydrogen-bond acceptors (Lipinski definition) is 5. The van der Waals surface area contributed by atoms with Gasteiger partial charge < -0.3 is 19.7 Å². The predicted octanol–water partition coefficient (Wildman–Crippen LogP) is 2.55. The summed E-state index contributed by atoms with van der Waals surface area (Å²) in [6.45, 7) is 13.3. The molecule has 1 aliphatic heterocycles. The van der Waals surface area contributed by atoms with Crippen LogP contribution in [-0.4, -0.2) is 52.1 Å². The molecular formula is C21H32O5. The fraction of sp³-hybridized carbons (Fsp3) is 0.762. The Kier molecular flexibility index (Phi) is 4.18. The lowest BCUT2D eigenvalue weighted by atomic mass is 9.44. The fourth-order valence-corrected chi connectivity index (χ4v) is 5.74. The lowest BCUT2D eigenvalue weighted by Gasteiger charge is -2.67. The third-order valence-electron chi connectivity index (χ3n) is 7.37. The van der Waals surface area contributed by atoms with Crippen LogP contribution in [0.3, 0.4) is 0 Å². The Morgan fingerprint density at radius 2 is 1.92 bits per heavy atom. The van der Waals surface area contributed by atoms with Crippen molar-refractivity contribution in [3.63, 3.8) is 0 Å². The molecule has 6 atom stereocenters. The smallest absolute Gasteiger partial charge is 0.171 e. The lowest BCUT2D eigenvalue weighted by Crippen LogP contribution is -2.81. The lowest BCUT2D eigenvalue weighted by molar-refractivity contribution is -0.306. The van der Waals surface area contributed by atoms with Gasteiger partial charge in [-0.15, -0.1) is 6.58 Å². The number of ether oxygens (including phenoxy) is 2. The zero-order chi connectivity index (χ0) is 19.8. The van der Waals surface area contributed by atoms with Crippen LogP contribution in [-0.2, 0) is 14.3 Å². The Balaban J connectivity index is 2.33. The van der Waals surface area contributed by atoms with Crippen LogP contribution in [0.25, 0.3) is 0 Å². The predicted molar refractivity (Wildman–Crippen MR) is 98.7 cm³/mol.